The van der Waals surface area contributed by atoms with Gasteiger partial charge in [0, 0.05) is 43.2 Å². The fourth-order valence-electron chi connectivity index (χ4n) is 4.61. The van der Waals surface area contributed by atoms with Gasteiger partial charge in [0.15, 0.2) is 11.5 Å². The van der Waals surface area contributed by atoms with Crippen LogP contribution in [0.1, 0.15) is 18.5 Å². The summed E-state index contributed by atoms with van der Waals surface area (Å²) in [5.74, 6) is 1.87. The smallest absolute Gasteiger partial charge is 0.268 e. The molecule has 7 nitrogen and oxygen atoms in total. The number of fused-ring (bicyclic) bond motifs is 2. The van der Waals surface area contributed by atoms with Crippen molar-refractivity contribution in [1.82, 2.24) is 18.9 Å². The number of nitrogens with zero attached hydrogens (tertiary/aromatic N) is 6. The van der Waals surface area contributed by atoms with Crippen LogP contribution in [0.3, 0.4) is 0 Å². The van der Waals surface area contributed by atoms with E-state index in [2.05, 4.69) is 20.8 Å². The van der Waals surface area contributed by atoms with Crippen LogP contribution in [0.2, 0.25) is 12.6 Å². The Morgan fingerprint density at radius 3 is 2.78 bits per heavy atom. The molecule has 0 saturated carbocycles. The highest BCUT2D eigenvalue weighted by Gasteiger charge is 2.27. The number of aryl methyl sites for hydroxylation is 1. The zero-order chi connectivity index (χ0) is 22.4. The number of rotatable bonds is 3. The Labute approximate surface area is 184 Å². The highest BCUT2D eigenvalue weighted by molar-refractivity contribution is 6.67. The molecule has 1 aromatic carbocycles. The van der Waals surface area contributed by atoms with Crippen LogP contribution in [0.4, 0.5) is 10.1 Å². The molecule has 0 N–H and O–H groups in total. The lowest BCUT2D eigenvalue weighted by atomic mass is 9.42. The Kier molecular flexibility index (Phi) is 4.93. The van der Waals surface area contributed by atoms with Crippen LogP contribution < -0.4 is 10.5 Å². The normalized spacial score (nSPS) is 14.8. The third-order valence-corrected chi connectivity index (χ3v) is 6.47. The third kappa shape index (κ3) is 3.42. The number of anilines is 1. The molecular weight excluding hydrogens is 406 g/mol. The largest absolute Gasteiger partial charge is 0.372 e. The Balaban J connectivity index is 1.54. The lowest BCUT2D eigenvalue weighted by Crippen LogP contribution is -2.36. The quantitative estimate of drug-likeness (QED) is 0.466. The number of halogens is 1. The van der Waals surface area contributed by atoms with Crippen LogP contribution in [0.25, 0.3) is 22.2 Å². The monoisotopic (exact) mass is 428 g/mol. The highest BCUT2D eigenvalue weighted by Crippen LogP contribution is 2.28. The fraction of sp³-hybridized carbons (Fsp3) is 0.304. The summed E-state index contributed by atoms with van der Waals surface area (Å²) < 4.78 is 17.5. The maximum Gasteiger partial charge on any atom is 0.268 e. The van der Waals surface area contributed by atoms with Crippen LogP contribution in [-0.2, 0) is 0 Å². The average Bonchev–Trinajstić information content (AvgIpc) is 3.19. The van der Waals surface area contributed by atoms with Gasteiger partial charge in [0.25, 0.3) is 12.3 Å². The Bertz CT molecular complexity index is 1430. The van der Waals surface area contributed by atoms with Gasteiger partial charge in [-0.05, 0) is 38.0 Å². The molecule has 0 bridgehead atoms. The molecule has 1 aliphatic heterocycles. The van der Waals surface area contributed by atoms with E-state index in [0.717, 1.165) is 31.2 Å². The maximum atomic E-state index is 14.6. The molecule has 4 heterocycles. The molecule has 5 rings (SSSR count). The summed E-state index contributed by atoms with van der Waals surface area (Å²) in [4.78, 5) is 24.1. The van der Waals surface area contributed by atoms with Crippen molar-refractivity contribution in [2.45, 2.75) is 38.4 Å². The second-order valence-electron chi connectivity index (χ2n) is 8.53. The Morgan fingerprint density at radius 1 is 1.25 bits per heavy atom. The molecule has 32 heavy (non-hydrogen) atoms. The third-order valence-electron chi connectivity index (χ3n) is 6.47. The first-order valence-corrected chi connectivity index (χ1v) is 10.7. The van der Waals surface area contributed by atoms with Gasteiger partial charge in [0.2, 0.25) is 0 Å². The van der Waals surface area contributed by atoms with Crippen LogP contribution in [0.15, 0.2) is 47.8 Å². The molecule has 0 atom stereocenters. The summed E-state index contributed by atoms with van der Waals surface area (Å²) in [5.41, 5.74) is 2.58. The zero-order valence-electron chi connectivity index (χ0n) is 18.0. The average molecular weight is 428 g/mol. The van der Waals surface area contributed by atoms with Gasteiger partial charge in [-0.25, -0.2) is 19.6 Å². The zero-order valence-corrected chi connectivity index (χ0v) is 18.0. The van der Waals surface area contributed by atoms with E-state index in [1.54, 1.807) is 23.7 Å². The Morgan fingerprint density at radius 2 is 2.03 bits per heavy atom. The molecule has 0 amide bonds. The minimum Gasteiger partial charge on any atom is -0.372 e. The van der Waals surface area contributed by atoms with Crippen molar-refractivity contribution >= 4 is 29.0 Å². The second-order valence-corrected chi connectivity index (χ2v) is 8.53. The summed E-state index contributed by atoms with van der Waals surface area (Å²) >= 11 is 0. The van der Waals surface area contributed by atoms with Crippen molar-refractivity contribution < 1.29 is 4.39 Å². The number of imidazole rings is 1. The van der Waals surface area contributed by atoms with E-state index in [9.17, 15) is 9.18 Å². The predicted octanol–water partition coefficient (Wildman–Crippen LogP) is 3.64. The van der Waals surface area contributed by atoms with Crippen molar-refractivity contribution in [2.24, 2.45) is 0 Å². The standard InChI is InChI=1S/C23H22BFN6O/c1-15-11-30-12-18(10-20(25)22(30)28-15)31-14-27-21-4-3-17(9-19(21)23(31)32)29(2)16-5-7-24(13-26)8-6-16/h3-4,9-12,14,16H,5-8H2,1-2H3. The van der Waals surface area contributed by atoms with E-state index >= 15 is 0 Å². The van der Waals surface area contributed by atoms with Crippen molar-refractivity contribution in [2.75, 3.05) is 11.9 Å². The molecule has 0 spiro atoms. The fourth-order valence-corrected chi connectivity index (χ4v) is 4.61. The minimum absolute atomic E-state index is 0.143. The lowest BCUT2D eigenvalue weighted by Gasteiger charge is -2.33. The summed E-state index contributed by atoms with van der Waals surface area (Å²) in [6.45, 7) is 1.94. The van der Waals surface area contributed by atoms with Crippen molar-refractivity contribution in [3.8, 4) is 11.7 Å². The number of nitriles is 1. The summed E-state index contributed by atoms with van der Waals surface area (Å²) in [6.07, 6.45) is 8.53. The highest BCUT2D eigenvalue weighted by atomic mass is 19.1. The number of aromatic nitrogens is 4. The summed E-state index contributed by atoms with van der Waals surface area (Å²) in [6, 6.07) is 7.30. The number of pyridine rings is 1. The first-order chi connectivity index (χ1) is 15.4. The predicted molar refractivity (Wildman–Crippen MR) is 123 cm³/mol. The second kappa shape index (κ2) is 7.79. The first kappa shape index (κ1) is 20.2. The van der Waals surface area contributed by atoms with E-state index in [0.29, 0.717) is 28.3 Å². The van der Waals surface area contributed by atoms with E-state index < -0.39 is 5.82 Å². The first-order valence-electron chi connectivity index (χ1n) is 10.7. The van der Waals surface area contributed by atoms with Gasteiger partial charge >= 0.3 is 0 Å². The minimum atomic E-state index is -0.496. The molecule has 3 aromatic heterocycles. The SMILES string of the molecule is Cc1cn2cc(-n3cnc4ccc(N(C)C5CCB(C#N)CC5)cc4c3=O)cc(F)c2n1. The number of hydrogen-bond donors (Lipinski definition) is 0. The van der Waals surface area contributed by atoms with Crippen molar-refractivity contribution in [3.05, 3.63) is 64.9 Å². The molecular formula is C23H22BFN6O. The van der Waals surface area contributed by atoms with E-state index in [4.69, 9.17) is 5.26 Å². The van der Waals surface area contributed by atoms with Gasteiger partial charge in [-0.1, -0.05) is 12.6 Å². The van der Waals surface area contributed by atoms with Crippen molar-refractivity contribution in [1.29, 1.82) is 5.26 Å². The topological polar surface area (TPSA) is 79.2 Å². The van der Waals surface area contributed by atoms with Gasteiger partial charge in [-0.2, -0.15) is 0 Å². The maximum absolute atomic E-state index is 14.6. The van der Waals surface area contributed by atoms with Crippen LogP contribution >= 0.6 is 0 Å². The van der Waals surface area contributed by atoms with Gasteiger partial charge < -0.3 is 9.30 Å². The molecule has 0 radical (unpaired) electrons. The molecule has 1 saturated heterocycles. The van der Waals surface area contributed by atoms with Gasteiger partial charge in [0.05, 0.1) is 22.3 Å². The van der Waals surface area contributed by atoms with E-state index in [-0.39, 0.29) is 17.9 Å². The molecule has 160 valence electrons. The Hall–Kier alpha value is -3.67. The summed E-state index contributed by atoms with van der Waals surface area (Å²) in [5, 5.41) is 9.62. The van der Waals surface area contributed by atoms with Crippen LogP contribution in [0.5, 0.6) is 0 Å². The molecule has 0 unspecified atom stereocenters. The molecule has 9 heteroatoms. The number of benzene rings is 1. The van der Waals surface area contributed by atoms with Gasteiger partial charge in [0.1, 0.15) is 6.33 Å². The van der Waals surface area contributed by atoms with Crippen molar-refractivity contribution in [3.63, 3.8) is 0 Å². The van der Waals surface area contributed by atoms with Gasteiger partial charge in [-0.3, -0.25) is 9.36 Å². The lowest BCUT2D eigenvalue weighted by molar-refractivity contribution is 0.568. The molecule has 1 aliphatic rings. The molecule has 4 aromatic rings. The van der Waals surface area contributed by atoms with Crippen LogP contribution in [0, 0.1) is 24.0 Å². The van der Waals surface area contributed by atoms with Gasteiger partial charge in [-0.15, -0.1) is 0 Å². The number of hydrogen-bond acceptors (Lipinski definition) is 5. The van der Waals surface area contributed by atoms with E-state index in [1.165, 1.54) is 17.0 Å². The van der Waals surface area contributed by atoms with E-state index in [1.807, 2.05) is 25.2 Å². The summed E-state index contributed by atoms with van der Waals surface area (Å²) in [7, 11) is 2.03. The van der Waals surface area contributed by atoms with Crippen LogP contribution in [-0.4, -0.2) is 38.7 Å². The molecule has 0 aliphatic carbocycles. The molecule has 1 fully saturated rings.